The van der Waals surface area contributed by atoms with Gasteiger partial charge in [-0.25, -0.2) is 9.97 Å². The number of halogens is 2. The molecule has 34 heavy (non-hydrogen) atoms. The first kappa shape index (κ1) is 22.1. The summed E-state index contributed by atoms with van der Waals surface area (Å²) in [6.45, 7) is 0. The van der Waals surface area contributed by atoms with Gasteiger partial charge in [0, 0.05) is 37.1 Å². The van der Waals surface area contributed by atoms with E-state index in [4.69, 9.17) is 32.9 Å². The molecule has 11 heteroatoms. The minimum Gasteiger partial charge on any atom is -0.495 e. The van der Waals surface area contributed by atoms with Crippen LogP contribution in [0.3, 0.4) is 0 Å². The smallest absolute Gasteiger partial charge is 0.224 e. The Bertz CT molecular complexity index is 1450. The molecule has 1 aliphatic rings. The fourth-order valence-corrected chi connectivity index (χ4v) is 4.30. The number of aryl methyl sites for hydroxylation is 1. The number of allylic oxidation sites excluding steroid dienone is 1. The zero-order chi connectivity index (χ0) is 23.8. The monoisotopic (exact) mass is 495 g/mol. The molecule has 1 aromatic carbocycles. The molecule has 0 spiro atoms. The summed E-state index contributed by atoms with van der Waals surface area (Å²) in [5.41, 5.74) is 3.73. The van der Waals surface area contributed by atoms with Crippen molar-refractivity contribution in [3.05, 3.63) is 64.8 Å². The molecule has 1 N–H and O–H groups in total. The topological polar surface area (TPSA) is 98.1 Å². The molecule has 0 radical (unpaired) electrons. The molecule has 1 saturated heterocycles. The quantitative estimate of drug-likeness (QED) is 0.430. The maximum atomic E-state index is 11.8. The van der Waals surface area contributed by atoms with Crippen LogP contribution in [0.5, 0.6) is 5.75 Å². The lowest BCUT2D eigenvalue weighted by Gasteiger charge is -2.24. The van der Waals surface area contributed by atoms with Crippen LogP contribution in [0, 0.1) is 0 Å². The first-order chi connectivity index (χ1) is 16.4. The number of nitrogens with one attached hydrogen (secondary N) is 1. The molecule has 1 fully saturated rings. The predicted molar refractivity (Wildman–Crippen MR) is 130 cm³/mol. The van der Waals surface area contributed by atoms with E-state index >= 15 is 0 Å². The highest BCUT2D eigenvalue weighted by atomic mass is 35.5. The first-order valence-corrected chi connectivity index (χ1v) is 11.1. The maximum Gasteiger partial charge on any atom is 0.224 e. The average Bonchev–Trinajstić information content (AvgIpc) is 3.45. The molecule has 1 aliphatic heterocycles. The average molecular weight is 496 g/mol. The van der Waals surface area contributed by atoms with Gasteiger partial charge in [-0.3, -0.25) is 19.4 Å². The number of ether oxygens (including phenoxy) is 1. The number of hydrogen-bond acceptors (Lipinski definition) is 7. The number of benzene rings is 1. The van der Waals surface area contributed by atoms with Crippen LogP contribution < -0.4 is 15.0 Å². The van der Waals surface area contributed by atoms with E-state index in [2.05, 4.69) is 20.4 Å². The molecule has 9 nitrogen and oxygen atoms in total. The Hall–Kier alpha value is -3.69. The molecule has 0 atom stereocenters. The Morgan fingerprint density at radius 2 is 2.00 bits per heavy atom. The standard InChI is InChI=1S/C23H19Cl2N7O2/c1-31-11-13(9-27-31)17-10-26-16-5-7-19(30-23(16)29-17)32(12-14-3-8-20(33)28-14)22-15(24)4-6-18(34-2)21(22)25/h4-7,9-12H,3,8H2,1-2H3,(H,28,33)/b14-12+. The lowest BCUT2D eigenvalue weighted by atomic mass is 10.2. The van der Waals surface area contributed by atoms with Crippen LogP contribution in [0.4, 0.5) is 11.5 Å². The van der Waals surface area contributed by atoms with Gasteiger partial charge in [-0.1, -0.05) is 23.2 Å². The van der Waals surface area contributed by atoms with Crippen LogP contribution in [0.25, 0.3) is 22.4 Å². The number of aromatic nitrogens is 5. The van der Waals surface area contributed by atoms with E-state index in [1.807, 2.05) is 19.3 Å². The molecular weight excluding hydrogens is 477 g/mol. The van der Waals surface area contributed by atoms with Crippen molar-refractivity contribution in [2.24, 2.45) is 7.05 Å². The summed E-state index contributed by atoms with van der Waals surface area (Å²) in [6, 6.07) is 7.00. The minimum absolute atomic E-state index is 0.0486. The normalized spacial score (nSPS) is 14.6. The lowest BCUT2D eigenvalue weighted by molar-refractivity contribution is -0.118. The molecule has 3 aromatic heterocycles. The third kappa shape index (κ3) is 4.15. The Morgan fingerprint density at radius 3 is 2.71 bits per heavy atom. The SMILES string of the molecule is COc1ccc(Cl)c(N(/C=C2\CCC(=O)N2)c2ccc3ncc(-c4cnn(C)c4)nc3n2)c1Cl. The zero-order valence-electron chi connectivity index (χ0n) is 18.3. The van der Waals surface area contributed by atoms with Gasteiger partial charge in [-0.15, -0.1) is 0 Å². The number of fused-ring (bicyclic) bond motifs is 1. The number of anilines is 2. The fourth-order valence-electron chi connectivity index (χ4n) is 3.67. The van der Waals surface area contributed by atoms with E-state index in [-0.39, 0.29) is 5.91 Å². The van der Waals surface area contributed by atoms with Gasteiger partial charge in [-0.2, -0.15) is 5.10 Å². The van der Waals surface area contributed by atoms with Gasteiger partial charge < -0.3 is 10.1 Å². The van der Waals surface area contributed by atoms with E-state index in [9.17, 15) is 4.79 Å². The summed E-state index contributed by atoms with van der Waals surface area (Å²) in [7, 11) is 3.37. The van der Waals surface area contributed by atoms with Gasteiger partial charge >= 0.3 is 0 Å². The van der Waals surface area contributed by atoms with Crippen LogP contribution in [0.2, 0.25) is 10.0 Å². The van der Waals surface area contributed by atoms with Gasteiger partial charge in [0.05, 0.1) is 35.9 Å². The highest BCUT2D eigenvalue weighted by Crippen LogP contribution is 2.43. The number of carbonyl (C=O) groups excluding carboxylic acids is 1. The lowest BCUT2D eigenvalue weighted by Crippen LogP contribution is -2.18. The Labute approximate surface area is 205 Å². The second kappa shape index (κ2) is 8.92. The second-order valence-electron chi connectivity index (χ2n) is 7.65. The Kier molecular flexibility index (Phi) is 5.80. The third-order valence-corrected chi connectivity index (χ3v) is 6.01. The molecule has 5 rings (SSSR count). The number of hydrogen-bond donors (Lipinski definition) is 1. The molecule has 4 heterocycles. The van der Waals surface area contributed by atoms with Crippen LogP contribution in [0.1, 0.15) is 12.8 Å². The summed E-state index contributed by atoms with van der Waals surface area (Å²) in [4.78, 5) is 27.5. The molecule has 172 valence electrons. The summed E-state index contributed by atoms with van der Waals surface area (Å²) >= 11 is 13.2. The van der Waals surface area contributed by atoms with Crippen molar-refractivity contribution in [2.75, 3.05) is 12.0 Å². The number of carbonyl (C=O) groups is 1. The Morgan fingerprint density at radius 1 is 1.15 bits per heavy atom. The first-order valence-electron chi connectivity index (χ1n) is 10.4. The minimum atomic E-state index is -0.0486. The van der Waals surface area contributed by atoms with Crippen LogP contribution in [-0.2, 0) is 11.8 Å². The summed E-state index contributed by atoms with van der Waals surface area (Å²) in [5, 5.41) is 7.76. The van der Waals surface area contributed by atoms with Gasteiger partial charge in [0.25, 0.3) is 0 Å². The van der Waals surface area contributed by atoms with Gasteiger partial charge in [0.15, 0.2) is 5.65 Å². The van der Waals surface area contributed by atoms with E-state index in [1.165, 1.54) is 7.11 Å². The predicted octanol–water partition coefficient (Wildman–Crippen LogP) is 4.63. The van der Waals surface area contributed by atoms with Crippen molar-refractivity contribution in [3.63, 3.8) is 0 Å². The largest absolute Gasteiger partial charge is 0.495 e. The fraction of sp³-hybridized carbons (Fsp3) is 0.174. The second-order valence-corrected chi connectivity index (χ2v) is 8.44. The van der Waals surface area contributed by atoms with Crippen molar-refractivity contribution >= 4 is 51.8 Å². The third-order valence-electron chi connectivity index (χ3n) is 5.34. The van der Waals surface area contributed by atoms with Crippen molar-refractivity contribution in [2.45, 2.75) is 12.8 Å². The van der Waals surface area contributed by atoms with Crippen molar-refractivity contribution in [3.8, 4) is 17.0 Å². The van der Waals surface area contributed by atoms with Crippen molar-refractivity contribution < 1.29 is 9.53 Å². The van der Waals surface area contributed by atoms with E-state index in [1.54, 1.807) is 46.4 Å². The van der Waals surface area contributed by atoms with E-state index < -0.39 is 0 Å². The Balaban J connectivity index is 1.67. The molecule has 0 bridgehead atoms. The van der Waals surface area contributed by atoms with Gasteiger partial charge in [0.2, 0.25) is 5.91 Å². The molecule has 0 saturated carbocycles. The molecule has 0 unspecified atom stereocenters. The summed E-state index contributed by atoms with van der Waals surface area (Å²) < 4.78 is 7.09. The van der Waals surface area contributed by atoms with Gasteiger partial charge in [-0.05, 0) is 30.7 Å². The van der Waals surface area contributed by atoms with Crippen molar-refractivity contribution in [1.82, 2.24) is 30.0 Å². The highest BCUT2D eigenvalue weighted by molar-refractivity contribution is 6.40. The summed E-state index contributed by atoms with van der Waals surface area (Å²) in [6.07, 6.45) is 8.00. The van der Waals surface area contributed by atoms with Crippen LogP contribution in [-0.4, -0.2) is 37.7 Å². The van der Waals surface area contributed by atoms with E-state index in [0.717, 1.165) is 11.3 Å². The molecular formula is C23H19Cl2N7O2. The number of rotatable bonds is 5. The number of pyridine rings is 1. The van der Waals surface area contributed by atoms with Crippen LogP contribution >= 0.6 is 23.2 Å². The summed E-state index contributed by atoms with van der Waals surface area (Å²) in [5.74, 6) is 0.905. The highest BCUT2D eigenvalue weighted by Gasteiger charge is 2.23. The van der Waals surface area contributed by atoms with E-state index in [0.29, 0.717) is 57.0 Å². The molecule has 4 aromatic rings. The number of nitrogens with zero attached hydrogens (tertiary/aromatic N) is 6. The number of methoxy groups -OCH3 is 1. The molecule has 0 aliphatic carbocycles. The zero-order valence-corrected chi connectivity index (χ0v) is 19.8. The van der Waals surface area contributed by atoms with Crippen LogP contribution in [0.15, 0.2) is 54.8 Å². The number of amides is 1. The van der Waals surface area contributed by atoms with Gasteiger partial charge in [0.1, 0.15) is 22.1 Å². The van der Waals surface area contributed by atoms with Crippen molar-refractivity contribution in [1.29, 1.82) is 0 Å². The molecule has 1 amide bonds. The maximum absolute atomic E-state index is 11.8.